The van der Waals surface area contributed by atoms with E-state index in [0.717, 1.165) is 16.7 Å². The van der Waals surface area contributed by atoms with Crippen molar-refractivity contribution in [1.29, 1.82) is 5.26 Å². The van der Waals surface area contributed by atoms with E-state index in [4.69, 9.17) is 37.9 Å². The maximum absolute atomic E-state index is 13.6. The minimum atomic E-state index is -1.18. The van der Waals surface area contributed by atoms with Crippen molar-refractivity contribution < 1.29 is 52.3 Å². The first-order valence-electron chi connectivity index (χ1n) is 17.0. The van der Waals surface area contributed by atoms with Gasteiger partial charge in [0.05, 0.1) is 30.5 Å². The molecule has 0 amide bonds. The van der Waals surface area contributed by atoms with Gasteiger partial charge in [-0.05, 0) is 37.8 Å². The van der Waals surface area contributed by atoms with E-state index in [1.807, 2.05) is 20.8 Å². The molecule has 2 aromatic rings. The number of esters is 3. The second-order valence-electron chi connectivity index (χ2n) is 13.2. The quantitative estimate of drug-likeness (QED) is 0.237. The highest BCUT2D eigenvalue weighted by atomic mass is 32.2. The molecule has 2 fully saturated rings. The number of nitrogens with one attached hydrogen (secondary N) is 1. The maximum Gasteiger partial charge on any atom is 0.348 e. The van der Waals surface area contributed by atoms with Crippen LogP contribution in [-0.2, 0) is 35.0 Å². The molecule has 2 aromatic carbocycles. The molecule has 14 nitrogen and oxygen atoms in total. The van der Waals surface area contributed by atoms with Crippen LogP contribution in [0.1, 0.15) is 77.4 Å². The Morgan fingerprint density at radius 2 is 1.88 bits per heavy atom. The third kappa shape index (κ3) is 5.82. The van der Waals surface area contributed by atoms with Gasteiger partial charge < -0.3 is 43.2 Å². The largest absolute Gasteiger partial charge is 0.493 e. The number of methoxy groups -OCH3 is 2. The van der Waals surface area contributed by atoms with Gasteiger partial charge in [0.1, 0.15) is 18.4 Å². The Labute approximate surface area is 299 Å². The van der Waals surface area contributed by atoms with Gasteiger partial charge in [0.15, 0.2) is 29.8 Å². The van der Waals surface area contributed by atoms with E-state index in [1.54, 1.807) is 14.2 Å². The molecule has 51 heavy (non-hydrogen) atoms. The first kappa shape index (κ1) is 35.2. The monoisotopic (exact) mass is 723 g/mol. The van der Waals surface area contributed by atoms with Crippen molar-refractivity contribution in [3.63, 3.8) is 0 Å². The summed E-state index contributed by atoms with van der Waals surface area (Å²) in [7, 11) is 3.14. The molecular formula is C36H41N3O11S. The summed E-state index contributed by atoms with van der Waals surface area (Å²) in [6.45, 7) is 6.67. The molecule has 0 spiro atoms. The molecule has 7 atom stereocenters. The average molecular weight is 724 g/mol. The van der Waals surface area contributed by atoms with Gasteiger partial charge in [-0.3, -0.25) is 14.5 Å². The van der Waals surface area contributed by atoms with Crippen molar-refractivity contribution in [3.8, 4) is 34.8 Å². The molecule has 0 saturated carbocycles. The highest BCUT2D eigenvalue weighted by Gasteiger charge is 2.59. The van der Waals surface area contributed by atoms with Gasteiger partial charge in [0.25, 0.3) is 0 Å². The number of benzene rings is 2. The van der Waals surface area contributed by atoms with Crippen molar-refractivity contribution in [2.75, 3.05) is 40.2 Å². The van der Waals surface area contributed by atoms with Gasteiger partial charge in [-0.1, -0.05) is 13.0 Å². The van der Waals surface area contributed by atoms with Crippen molar-refractivity contribution in [2.45, 2.75) is 88.5 Å². The molecule has 0 aromatic heterocycles. The zero-order valence-electron chi connectivity index (χ0n) is 29.4. The number of hydrogen-bond acceptors (Lipinski definition) is 15. The number of ether oxygens (including phenoxy) is 8. The Morgan fingerprint density at radius 3 is 2.59 bits per heavy atom. The third-order valence-corrected chi connectivity index (χ3v) is 11.5. The van der Waals surface area contributed by atoms with Crippen LogP contribution in [0.15, 0.2) is 6.07 Å². The van der Waals surface area contributed by atoms with Crippen molar-refractivity contribution in [1.82, 2.24) is 10.2 Å². The fourth-order valence-electron chi connectivity index (χ4n) is 8.30. The molecule has 15 heteroatoms. The van der Waals surface area contributed by atoms with E-state index in [1.165, 1.54) is 18.7 Å². The summed E-state index contributed by atoms with van der Waals surface area (Å²) in [5, 5.41) is 14.1. The van der Waals surface area contributed by atoms with Gasteiger partial charge in [-0.25, -0.2) is 4.79 Å². The van der Waals surface area contributed by atoms with Crippen LogP contribution in [0.4, 0.5) is 0 Å². The highest BCUT2D eigenvalue weighted by Crippen LogP contribution is 2.62. The number of hydrogen-bond donors (Lipinski definition) is 1. The van der Waals surface area contributed by atoms with Crippen molar-refractivity contribution in [2.24, 2.45) is 0 Å². The number of carbonyl (C=O) groups is 3. The van der Waals surface area contributed by atoms with Gasteiger partial charge in [0.2, 0.25) is 12.9 Å². The molecule has 2 saturated heterocycles. The van der Waals surface area contributed by atoms with Crippen LogP contribution in [0.3, 0.4) is 0 Å². The van der Waals surface area contributed by atoms with Gasteiger partial charge in [0, 0.05) is 60.5 Å². The zero-order chi connectivity index (χ0) is 36.1. The topological polar surface area (TPSA) is 164 Å². The third-order valence-electron chi connectivity index (χ3n) is 10.1. The second kappa shape index (κ2) is 14.1. The van der Waals surface area contributed by atoms with E-state index < -0.39 is 53.4 Å². The number of nitriles is 1. The molecule has 0 aliphatic carbocycles. The molecular weight excluding hydrogens is 682 g/mol. The maximum atomic E-state index is 13.6. The Hall–Kier alpha value is -4.23. The number of carbonyl (C=O) groups excluding carboxylic acids is 3. The smallest absolute Gasteiger partial charge is 0.348 e. The summed E-state index contributed by atoms with van der Waals surface area (Å²) >= 11 is 1.37. The fraction of sp³-hybridized carbons (Fsp3) is 0.556. The lowest BCUT2D eigenvalue weighted by Gasteiger charge is -2.59. The lowest BCUT2D eigenvalue weighted by molar-refractivity contribution is -0.168. The lowest BCUT2D eigenvalue weighted by atomic mass is 9.72. The Bertz CT molecular complexity index is 1810. The Kier molecular flexibility index (Phi) is 9.70. The fourth-order valence-corrected chi connectivity index (χ4v) is 9.78. The van der Waals surface area contributed by atoms with Crippen LogP contribution < -0.4 is 29.0 Å². The Morgan fingerprint density at radius 1 is 1.10 bits per heavy atom. The molecule has 1 unspecified atom stereocenters. The zero-order valence-corrected chi connectivity index (χ0v) is 30.2. The lowest BCUT2D eigenvalue weighted by Crippen LogP contribution is -2.69. The highest BCUT2D eigenvalue weighted by molar-refractivity contribution is 7.99. The van der Waals surface area contributed by atoms with Gasteiger partial charge in [-0.15, -0.1) is 11.8 Å². The first-order valence-corrected chi connectivity index (χ1v) is 18.0. The molecule has 1 N–H and O–H groups in total. The minimum absolute atomic E-state index is 0.0265. The predicted molar refractivity (Wildman–Crippen MR) is 181 cm³/mol. The predicted octanol–water partition coefficient (Wildman–Crippen LogP) is 3.88. The second-order valence-corrected chi connectivity index (χ2v) is 14.4. The van der Waals surface area contributed by atoms with E-state index >= 15 is 0 Å². The van der Waals surface area contributed by atoms with Gasteiger partial charge >= 0.3 is 17.9 Å². The summed E-state index contributed by atoms with van der Waals surface area (Å²) in [4.78, 5) is 41.2. The average Bonchev–Trinajstić information content (AvgIpc) is 3.59. The standard InChI is InChI=1S/C36H41N3O11S/c1-7-8-24(41)50-23-13-51-35-27-26(34-32(47-15-48-34)17(3)31(27)49-18(4)40)22(12-45-36(23)42)39-21(11-37)20-10-19-9-16(2)30(44-6)33(46-14-43-5)25(19)28(38-20)29(35)39/h9,20-23,28-29,35,38H,7-8,10,12-15H2,1-6H3/t20-,21-,22-,23-,28-,29?,35+/m0/s1. The molecule has 6 aliphatic rings. The molecule has 6 heterocycles. The van der Waals surface area contributed by atoms with Crippen molar-refractivity contribution in [3.05, 3.63) is 39.4 Å². The SMILES string of the molecule is CCCC(=O)O[C@H]1CS[C@@H]2c3c(OC(C)=O)c(C)c4c(c3[C@H](COC1=O)N1C2[C@H]2N[C@@H](Cc3cc(C)c(OC)c(OCOC)c32)[C@@H]1C#N)OCO4. The minimum Gasteiger partial charge on any atom is -0.493 e. The summed E-state index contributed by atoms with van der Waals surface area (Å²) in [6, 6.07) is 1.95. The van der Waals surface area contributed by atoms with Crippen LogP contribution in [0, 0.1) is 25.2 Å². The number of nitrogens with zero attached hydrogens (tertiary/aromatic N) is 2. The van der Waals surface area contributed by atoms with Crippen LogP contribution in [0.5, 0.6) is 28.7 Å². The summed E-state index contributed by atoms with van der Waals surface area (Å²) in [5.41, 5.74) is 4.62. The van der Waals surface area contributed by atoms with E-state index in [9.17, 15) is 19.6 Å². The molecule has 0 radical (unpaired) electrons. The van der Waals surface area contributed by atoms with Crippen LogP contribution in [0.2, 0.25) is 0 Å². The summed E-state index contributed by atoms with van der Waals surface area (Å²) < 4.78 is 47.3. The molecule has 272 valence electrons. The number of fused-ring (bicyclic) bond motifs is 10. The summed E-state index contributed by atoms with van der Waals surface area (Å²) in [6.07, 6.45) is 0.0355. The van der Waals surface area contributed by atoms with Crippen LogP contribution in [-0.4, -0.2) is 87.2 Å². The van der Waals surface area contributed by atoms with E-state index in [-0.39, 0.29) is 38.4 Å². The van der Waals surface area contributed by atoms with E-state index in [2.05, 4.69) is 22.4 Å². The Balaban J connectivity index is 1.49. The number of thioether (sulfide) groups is 1. The van der Waals surface area contributed by atoms with Gasteiger partial charge in [-0.2, -0.15) is 5.26 Å². The van der Waals surface area contributed by atoms with Crippen molar-refractivity contribution >= 4 is 29.7 Å². The number of aryl methyl sites for hydroxylation is 1. The summed E-state index contributed by atoms with van der Waals surface area (Å²) in [5.74, 6) is 0.622. The number of piperazine rings is 1. The van der Waals surface area contributed by atoms with Crippen LogP contribution >= 0.6 is 11.8 Å². The molecule has 4 bridgehead atoms. The number of rotatable bonds is 8. The molecule has 8 rings (SSSR count). The molecule has 6 aliphatic heterocycles. The first-order chi connectivity index (χ1) is 24.6. The van der Waals surface area contributed by atoms with E-state index in [0.29, 0.717) is 58.3 Å². The van der Waals surface area contributed by atoms with Crippen LogP contribution in [0.25, 0.3) is 0 Å². The normalized spacial score (nSPS) is 27.2.